The van der Waals surface area contributed by atoms with Crippen LogP contribution in [0.2, 0.25) is 0 Å². The monoisotopic (exact) mass is 431 g/mol. The molecule has 1 aliphatic heterocycles. The number of methoxy groups -OCH3 is 2. The molecule has 0 N–H and O–H groups in total. The Morgan fingerprint density at radius 2 is 1.44 bits per heavy atom. The van der Waals surface area contributed by atoms with E-state index in [0.29, 0.717) is 11.8 Å². The summed E-state index contributed by atoms with van der Waals surface area (Å²) in [6, 6.07) is 21.3. The second-order valence-electron chi connectivity index (χ2n) is 8.52. The number of hydrogen-bond donors (Lipinski definition) is 0. The van der Waals surface area contributed by atoms with Crippen LogP contribution < -0.4 is 19.3 Å². The molecule has 2 heterocycles. The van der Waals surface area contributed by atoms with Crippen LogP contribution in [0.15, 0.2) is 60.7 Å². The highest BCUT2D eigenvalue weighted by Gasteiger charge is 2.20. The van der Waals surface area contributed by atoms with Crippen molar-refractivity contribution in [3.8, 4) is 22.9 Å². The third-order valence-electron chi connectivity index (χ3n) is 6.18. The molecule has 0 bridgehead atoms. The highest BCUT2D eigenvalue weighted by atomic mass is 16.5. The molecule has 5 nitrogen and oxygen atoms in total. The van der Waals surface area contributed by atoms with Gasteiger partial charge in [0.15, 0.2) is 0 Å². The minimum absolute atomic E-state index is 0.510. The van der Waals surface area contributed by atoms with E-state index in [0.717, 1.165) is 49.6 Å². The molecule has 0 atom stereocenters. The fourth-order valence-corrected chi connectivity index (χ4v) is 4.25. The summed E-state index contributed by atoms with van der Waals surface area (Å²) in [7, 11) is 3.38. The highest BCUT2D eigenvalue weighted by molar-refractivity contribution is 5.76. The predicted molar refractivity (Wildman–Crippen MR) is 132 cm³/mol. The summed E-state index contributed by atoms with van der Waals surface area (Å²) in [6.45, 7) is 8.37. The smallest absolute Gasteiger partial charge is 0.213 e. The quantitative estimate of drug-likeness (QED) is 0.507. The standard InChI is InChI=1S/C27H33N3O2/c1-20(2)21-6-8-22(9-7-21)27-25(14-15-26(28-27)32-4)30-17-5-16-29(18-19-30)23-10-12-24(31-3)13-11-23/h6-15,20H,5,16-19H2,1-4H3. The first-order chi connectivity index (χ1) is 15.6. The minimum Gasteiger partial charge on any atom is -0.497 e. The first-order valence-corrected chi connectivity index (χ1v) is 11.4. The van der Waals surface area contributed by atoms with E-state index in [1.807, 2.05) is 18.2 Å². The Labute approximate surface area is 191 Å². The summed E-state index contributed by atoms with van der Waals surface area (Å²) in [5, 5.41) is 0. The van der Waals surface area contributed by atoms with Gasteiger partial charge in [-0.1, -0.05) is 38.1 Å². The lowest BCUT2D eigenvalue weighted by Crippen LogP contribution is -2.31. The summed E-state index contributed by atoms with van der Waals surface area (Å²) in [4.78, 5) is 9.76. The van der Waals surface area contributed by atoms with Gasteiger partial charge in [0.05, 0.1) is 25.6 Å². The lowest BCUT2D eigenvalue weighted by atomic mass is 10.00. The van der Waals surface area contributed by atoms with E-state index in [2.05, 4.69) is 66.1 Å². The van der Waals surface area contributed by atoms with Crippen LogP contribution in [-0.4, -0.2) is 45.4 Å². The number of pyridine rings is 1. The van der Waals surface area contributed by atoms with Gasteiger partial charge in [-0.25, -0.2) is 4.98 Å². The topological polar surface area (TPSA) is 37.8 Å². The van der Waals surface area contributed by atoms with Crippen molar-refractivity contribution in [3.63, 3.8) is 0 Å². The molecule has 1 fully saturated rings. The largest absolute Gasteiger partial charge is 0.497 e. The van der Waals surface area contributed by atoms with Gasteiger partial charge in [-0.05, 0) is 48.2 Å². The minimum atomic E-state index is 0.510. The molecule has 2 aromatic carbocycles. The molecular formula is C27H33N3O2. The lowest BCUT2D eigenvalue weighted by molar-refractivity contribution is 0.398. The second kappa shape index (κ2) is 9.94. The maximum absolute atomic E-state index is 5.45. The summed E-state index contributed by atoms with van der Waals surface area (Å²) < 4.78 is 10.8. The molecule has 1 saturated heterocycles. The molecule has 5 heteroatoms. The third-order valence-corrected chi connectivity index (χ3v) is 6.18. The van der Waals surface area contributed by atoms with Gasteiger partial charge in [0.2, 0.25) is 5.88 Å². The molecule has 0 saturated carbocycles. The fraction of sp³-hybridized carbons (Fsp3) is 0.370. The molecule has 4 rings (SSSR count). The van der Waals surface area contributed by atoms with E-state index < -0.39 is 0 Å². The number of hydrogen-bond acceptors (Lipinski definition) is 5. The maximum atomic E-state index is 5.45. The van der Waals surface area contributed by atoms with Gasteiger partial charge in [0.1, 0.15) is 5.75 Å². The van der Waals surface area contributed by atoms with E-state index in [1.54, 1.807) is 14.2 Å². The molecule has 3 aromatic rings. The first kappa shape index (κ1) is 22.0. The van der Waals surface area contributed by atoms with Crippen molar-refractivity contribution in [2.45, 2.75) is 26.2 Å². The van der Waals surface area contributed by atoms with E-state index >= 15 is 0 Å². The normalized spacial score (nSPS) is 14.4. The van der Waals surface area contributed by atoms with Gasteiger partial charge >= 0.3 is 0 Å². The average Bonchev–Trinajstić information content (AvgIpc) is 3.10. The Kier molecular flexibility index (Phi) is 6.84. The van der Waals surface area contributed by atoms with Crippen molar-refractivity contribution < 1.29 is 9.47 Å². The van der Waals surface area contributed by atoms with Crippen molar-refractivity contribution in [1.82, 2.24) is 4.98 Å². The SMILES string of the molecule is COc1ccc(N2CCCN(c3ccc(OC)nc3-c3ccc(C(C)C)cc3)CC2)cc1. The number of rotatable bonds is 6. The molecule has 0 spiro atoms. The van der Waals surface area contributed by atoms with Gasteiger partial charge in [-0.2, -0.15) is 0 Å². The molecule has 32 heavy (non-hydrogen) atoms. The zero-order chi connectivity index (χ0) is 22.5. The van der Waals surface area contributed by atoms with Gasteiger partial charge in [-0.15, -0.1) is 0 Å². The van der Waals surface area contributed by atoms with Crippen molar-refractivity contribution in [3.05, 3.63) is 66.2 Å². The number of anilines is 2. The maximum Gasteiger partial charge on any atom is 0.213 e. The molecule has 1 aliphatic rings. The first-order valence-electron chi connectivity index (χ1n) is 11.4. The van der Waals surface area contributed by atoms with Gasteiger partial charge in [0, 0.05) is 43.5 Å². The van der Waals surface area contributed by atoms with E-state index in [4.69, 9.17) is 14.5 Å². The average molecular weight is 432 g/mol. The van der Waals surface area contributed by atoms with E-state index in [-0.39, 0.29) is 0 Å². The fourth-order valence-electron chi connectivity index (χ4n) is 4.25. The highest BCUT2D eigenvalue weighted by Crippen LogP contribution is 2.33. The summed E-state index contributed by atoms with van der Waals surface area (Å²) in [5.41, 5.74) is 5.85. The van der Waals surface area contributed by atoms with Crippen molar-refractivity contribution in [2.75, 3.05) is 50.2 Å². The molecule has 0 amide bonds. The zero-order valence-electron chi connectivity index (χ0n) is 19.5. The van der Waals surface area contributed by atoms with Gasteiger partial charge in [0.25, 0.3) is 0 Å². The zero-order valence-corrected chi connectivity index (χ0v) is 19.5. The number of aromatic nitrogens is 1. The van der Waals surface area contributed by atoms with E-state index in [1.165, 1.54) is 16.9 Å². The molecule has 1 aromatic heterocycles. The Morgan fingerprint density at radius 3 is 2.09 bits per heavy atom. The van der Waals surface area contributed by atoms with Crippen molar-refractivity contribution >= 4 is 11.4 Å². The Morgan fingerprint density at radius 1 is 0.750 bits per heavy atom. The predicted octanol–water partition coefficient (Wildman–Crippen LogP) is 5.61. The van der Waals surface area contributed by atoms with Gasteiger partial charge < -0.3 is 19.3 Å². The van der Waals surface area contributed by atoms with Crippen LogP contribution in [0, 0.1) is 0 Å². The molecule has 168 valence electrons. The summed E-state index contributed by atoms with van der Waals surface area (Å²) in [5.74, 6) is 2.05. The van der Waals surface area contributed by atoms with Crippen LogP contribution in [0.25, 0.3) is 11.3 Å². The third kappa shape index (κ3) is 4.82. The van der Waals surface area contributed by atoms with Crippen LogP contribution in [-0.2, 0) is 0 Å². The molecule has 0 radical (unpaired) electrons. The molecule has 0 aliphatic carbocycles. The summed E-state index contributed by atoms with van der Waals surface area (Å²) in [6.07, 6.45) is 1.09. The van der Waals surface area contributed by atoms with Crippen LogP contribution in [0.5, 0.6) is 11.6 Å². The number of nitrogens with zero attached hydrogens (tertiary/aromatic N) is 3. The number of benzene rings is 2. The van der Waals surface area contributed by atoms with Crippen LogP contribution in [0.1, 0.15) is 31.7 Å². The van der Waals surface area contributed by atoms with Crippen molar-refractivity contribution in [1.29, 1.82) is 0 Å². The van der Waals surface area contributed by atoms with Crippen LogP contribution in [0.3, 0.4) is 0 Å². The lowest BCUT2D eigenvalue weighted by Gasteiger charge is -2.26. The molecular weight excluding hydrogens is 398 g/mol. The molecule has 0 unspecified atom stereocenters. The van der Waals surface area contributed by atoms with Crippen LogP contribution in [0.4, 0.5) is 11.4 Å². The van der Waals surface area contributed by atoms with Gasteiger partial charge in [-0.3, -0.25) is 0 Å². The summed E-state index contributed by atoms with van der Waals surface area (Å²) >= 11 is 0. The van der Waals surface area contributed by atoms with Crippen molar-refractivity contribution in [2.24, 2.45) is 0 Å². The Balaban J connectivity index is 1.58. The number of ether oxygens (including phenoxy) is 2. The Bertz CT molecular complexity index is 1020. The van der Waals surface area contributed by atoms with Crippen LogP contribution >= 0.6 is 0 Å². The second-order valence-corrected chi connectivity index (χ2v) is 8.52. The van der Waals surface area contributed by atoms with E-state index in [9.17, 15) is 0 Å². The Hall–Kier alpha value is -3.21.